The standard InChI is InChI=1S/C16H35NO2/c1-8-16(9-2,17(10-3)11-4)14(18)12-13-15(5,6)19-7/h14,18H,8-13H2,1-7H3. The van der Waals surface area contributed by atoms with Gasteiger partial charge in [0.15, 0.2) is 0 Å². The summed E-state index contributed by atoms with van der Waals surface area (Å²) < 4.78 is 5.46. The van der Waals surface area contributed by atoms with E-state index in [2.05, 4.69) is 46.4 Å². The molecule has 0 fully saturated rings. The maximum Gasteiger partial charge on any atom is 0.0724 e. The Hall–Kier alpha value is -0.120. The third kappa shape index (κ3) is 4.73. The molecule has 3 heteroatoms. The largest absolute Gasteiger partial charge is 0.391 e. The fraction of sp³-hybridized carbons (Fsp3) is 1.00. The summed E-state index contributed by atoms with van der Waals surface area (Å²) in [6.07, 6.45) is 3.35. The number of aliphatic hydroxyl groups excluding tert-OH is 1. The molecule has 0 amide bonds. The van der Waals surface area contributed by atoms with Crippen molar-refractivity contribution in [3.05, 3.63) is 0 Å². The van der Waals surface area contributed by atoms with E-state index in [0.717, 1.165) is 38.8 Å². The van der Waals surface area contributed by atoms with Crippen LogP contribution in [0.1, 0.15) is 67.2 Å². The van der Waals surface area contributed by atoms with Crippen molar-refractivity contribution in [2.45, 2.75) is 84.5 Å². The van der Waals surface area contributed by atoms with Gasteiger partial charge in [0, 0.05) is 12.6 Å². The zero-order valence-electron chi connectivity index (χ0n) is 14.1. The molecule has 0 aromatic carbocycles. The molecule has 19 heavy (non-hydrogen) atoms. The first-order valence-electron chi connectivity index (χ1n) is 7.81. The highest BCUT2D eigenvalue weighted by atomic mass is 16.5. The second kappa shape index (κ2) is 8.23. The number of ether oxygens (including phenoxy) is 1. The van der Waals surface area contributed by atoms with Gasteiger partial charge in [-0.25, -0.2) is 0 Å². The van der Waals surface area contributed by atoms with Gasteiger partial charge in [-0.3, -0.25) is 4.90 Å². The summed E-state index contributed by atoms with van der Waals surface area (Å²) >= 11 is 0. The van der Waals surface area contributed by atoms with Crippen molar-refractivity contribution >= 4 is 0 Å². The molecule has 0 aliphatic rings. The molecule has 0 rings (SSSR count). The van der Waals surface area contributed by atoms with E-state index >= 15 is 0 Å². The van der Waals surface area contributed by atoms with E-state index in [9.17, 15) is 5.11 Å². The second-order valence-corrected chi connectivity index (χ2v) is 6.00. The van der Waals surface area contributed by atoms with Crippen LogP contribution in [-0.2, 0) is 4.74 Å². The molecule has 0 aromatic rings. The Bertz CT molecular complexity index is 233. The minimum atomic E-state index is -0.295. The third-order valence-electron chi connectivity index (χ3n) is 4.81. The van der Waals surface area contributed by atoms with Gasteiger partial charge in [-0.15, -0.1) is 0 Å². The summed E-state index contributed by atoms with van der Waals surface area (Å²) in [5, 5.41) is 10.8. The van der Waals surface area contributed by atoms with Crippen LogP contribution in [0.2, 0.25) is 0 Å². The molecule has 1 atom stereocenters. The van der Waals surface area contributed by atoms with E-state index in [-0.39, 0.29) is 17.2 Å². The van der Waals surface area contributed by atoms with E-state index in [1.54, 1.807) is 7.11 Å². The normalized spacial score (nSPS) is 15.0. The number of nitrogens with zero attached hydrogens (tertiary/aromatic N) is 1. The first-order valence-corrected chi connectivity index (χ1v) is 7.81. The quantitative estimate of drug-likeness (QED) is 0.662. The summed E-state index contributed by atoms with van der Waals surface area (Å²) in [4.78, 5) is 2.41. The van der Waals surface area contributed by atoms with Gasteiger partial charge in [-0.2, -0.15) is 0 Å². The molecule has 0 aliphatic heterocycles. The molecule has 0 bridgehead atoms. The van der Waals surface area contributed by atoms with Gasteiger partial charge in [-0.05, 0) is 52.6 Å². The monoisotopic (exact) mass is 273 g/mol. The van der Waals surface area contributed by atoms with Crippen LogP contribution in [0.5, 0.6) is 0 Å². The van der Waals surface area contributed by atoms with Crippen LogP contribution in [0.4, 0.5) is 0 Å². The summed E-state index contributed by atoms with van der Waals surface area (Å²) in [6, 6.07) is 0. The predicted molar refractivity (Wildman–Crippen MR) is 82.6 cm³/mol. The molecule has 116 valence electrons. The number of hydrogen-bond acceptors (Lipinski definition) is 3. The lowest BCUT2D eigenvalue weighted by Crippen LogP contribution is -2.56. The molecule has 0 spiro atoms. The highest BCUT2D eigenvalue weighted by molar-refractivity contribution is 4.95. The van der Waals surface area contributed by atoms with Gasteiger partial charge in [0.05, 0.1) is 11.7 Å². The molecule has 1 unspecified atom stereocenters. The summed E-state index contributed by atoms with van der Waals surface area (Å²) in [6.45, 7) is 14.9. The number of methoxy groups -OCH3 is 1. The average molecular weight is 273 g/mol. The van der Waals surface area contributed by atoms with Crippen molar-refractivity contribution in [3.8, 4) is 0 Å². The highest BCUT2D eigenvalue weighted by Crippen LogP contribution is 2.31. The predicted octanol–water partition coefficient (Wildman–Crippen LogP) is 3.45. The Morgan fingerprint density at radius 2 is 1.53 bits per heavy atom. The Morgan fingerprint density at radius 3 is 1.84 bits per heavy atom. The fourth-order valence-electron chi connectivity index (χ4n) is 3.09. The van der Waals surface area contributed by atoms with Gasteiger partial charge in [0.1, 0.15) is 0 Å². The van der Waals surface area contributed by atoms with Crippen molar-refractivity contribution in [3.63, 3.8) is 0 Å². The van der Waals surface area contributed by atoms with Crippen molar-refractivity contribution < 1.29 is 9.84 Å². The zero-order valence-corrected chi connectivity index (χ0v) is 14.1. The summed E-state index contributed by atoms with van der Waals surface area (Å²) in [5.74, 6) is 0. The molecule has 0 saturated heterocycles. The van der Waals surface area contributed by atoms with Crippen LogP contribution in [0.15, 0.2) is 0 Å². The summed E-state index contributed by atoms with van der Waals surface area (Å²) in [5.41, 5.74) is -0.245. The molecule has 0 aromatic heterocycles. The van der Waals surface area contributed by atoms with Crippen molar-refractivity contribution in [1.29, 1.82) is 0 Å². The molecule has 0 radical (unpaired) electrons. The van der Waals surface area contributed by atoms with Gasteiger partial charge < -0.3 is 9.84 Å². The van der Waals surface area contributed by atoms with Crippen LogP contribution >= 0.6 is 0 Å². The van der Waals surface area contributed by atoms with Crippen LogP contribution in [-0.4, -0.2) is 47.4 Å². The molecular weight excluding hydrogens is 238 g/mol. The van der Waals surface area contributed by atoms with Gasteiger partial charge in [0.25, 0.3) is 0 Å². The maximum absolute atomic E-state index is 10.8. The van der Waals surface area contributed by atoms with Gasteiger partial charge >= 0.3 is 0 Å². The molecule has 0 heterocycles. The van der Waals surface area contributed by atoms with Crippen molar-refractivity contribution in [2.24, 2.45) is 0 Å². The SMILES string of the molecule is CCN(CC)C(CC)(CC)C(O)CCC(C)(C)OC. The van der Waals surface area contributed by atoms with E-state index < -0.39 is 0 Å². The third-order valence-corrected chi connectivity index (χ3v) is 4.81. The van der Waals surface area contributed by atoms with E-state index in [0.29, 0.717) is 0 Å². The lowest BCUT2D eigenvalue weighted by molar-refractivity contribution is -0.0560. The lowest BCUT2D eigenvalue weighted by Gasteiger charge is -2.46. The van der Waals surface area contributed by atoms with E-state index in [1.807, 2.05) is 0 Å². The summed E-state index contributed by atoms with van der Waals surface area (Å²) in [7, 11) is 1.74. The highest BCUT2D eigenvalue weighted by Gasteiger charge is 2.39. The Balaban J connectivity index is 4.88. The number of hydrogen-bond donors (Lipinski definition) is 1. The lowest BCUT2D eigenvalue weighted by atomic mass is 9.81. The number of aliphatic hydroxyl groups is 1. The topological polar surface area (TPSA) is 32.7 Å². The van der Waals surface area contributed by atoms with Crippen molar-refractivity contribution in [1.82, 2.24) is 4.90 Å². The van der Waals surface area contributed by atoms with Crippen LogP contribution in [0.25, 0.3) is 0 Å². The second-order valence-electron chi connectivity index (χ2n) is 6.00. The van der Waals surface area contributed by atoms with E-state index in [1.165, 1.54) is 0 Å². The van der Waals surface area contributed by atoms with Gasteiger partial charge in [-0.1, -0.05) is 27.7 Å². The molecule has 0 aliphatic carbocycles. The van der Waals surface area contributed by atoms with Crippen LogP contribution in [0.3, 0.4) is 0 Å². The fourth-order valence-corrected chi connectivity index (χ4v) is 3.09. The van der Waals surface area contributed by atoms with Crippen molar-refractivity contribution in [2.75, 3.05) is 20.2 Å². The van der Waals surface area contributed by atoms with E-state index in [4.69, 9.17) is 4.74 Å². The average Bonchev–Trinajstić information content (AvgIpc) is 2.42. The molecule has 1 N–H and O–H groups in total. The maximum atomic E-state index is 10.8. The van der Waals surface area contributed by atoms with Crippen LogP contribution < -0.4 is 0 Å². The zero-order chi connectivity index (χ0) is 15.1. The molecule has 0 saturated carbocycles. The molecular formula is C16H35NO2. The van der Waals surface area contributed by atoms with Crippen LogP contribution in [0, 0.1) is 0 Å². The Morgan fingerprint density at radius 1 is 1.05 bits per heavy atom. The number of likely N-dealkylation sites (N-methyl/N-ethyl adjacent to an activating group) is 1. The first kappa shape index (κ1) is 18.9. The minimum absolute atomic E-state index is 0.0900. The number of rotatable bonds is 10. The molecule has 3 nitrogen and oxygen atoms in total. The minimum Gasteiger partial charge on any atom is -0.391 e. The van der Waals surface area contributed by atoms with Gasteiger partial charge in [0.2, 0.25) is 0 Å². The Labute approximate surface area is 120 Å². The smallest absolute Gasteiger partial charge is 0.0724 e. The Kier molecular flexibility index (Phi) is 8.18. The first-order chi connectivity index (χ1) is 8.83.